The van der Waals surface area contributed by atoms with E-state index in [9.17, 15) is 15.0 Å². The van der Waals surface area contributed by atoms with Gasteiger partial charge in [0.2, 0.25) is 0 Å². The fourth-order valence-corrected chi connectivity index (χ4v) is 8.26. The van der Waals surface area contributed by atoms with Gasteiger partial charge in [-0.05, 0) is 50.6 Å². The van der Waals surface area contributed by atoms with E-state index in [1.54, 1.807) is 6.07 Å². The third-order valence-electron chi connectivity index (χ3n) is 10.6. The molecule has 0 radical (unpaired) electrons. The quantitative estimate of drug-likeness (QED) is 0.150. The van der Waals surface area contributed by atoms with E-state index in [0.717, 1.165) is 36.9 Å². The van der Waals surface area contributed by atoms with Gasteiger partial charge in [0.25, 0.3) is 0 Å². The number of phenols is 1. The molecule has 1 fully saturated rings. The van der Waals surface area contributed by atoms with Crippen LogP contribution in [0.25, 0.3) is 0 Å². The van der Waals surface area contributed by atoms with E-state index >= 15 is 0 Å². The highest BCUT2D eigenvalue weighted by Gasteiger charge is 2.72. The van der Waals surface area contributed by atoms with Crippen LogP contribution >= 0.6 is 0 Å². The van der Waals surface area contributed by atoms with Gasteiger partial charge in [0, 0.05) is 24.4 Å². The summed E-state index contributed by atoms with van der Waals surface area (Å²) in [7, 11) is 2.07. The van der Waals surface area contributed by atoms with Gasteiger partial charge in [-0.2, -0.15) is 0 Å². The number of nitrogens with zero attached hydrogens (tertiary/aromatic N) is 1. The number of likely N-dealkylation sites (N-methyl/N-ethyl adjacent to an activating group) is 1. The van der Waals surface area contributed by atoms with Gasteiger partial charge in [0.1, 0.15) is 5.76 Å². The fourth-order valence-electron chi connectivity index (χ4n) is 8.26. The van der Waals surface area contributed by atoms with Crippen molar-refractivity contribution in [1.29, 1.82) is 0 Å². The number of aliphatic hydroxyl groups is 1. The van der Waals surface area contributed by atoms with Crippen molar-refractivity contribution in [3.63, 3.8) is 0 Å². The molecule has 0 aromatic heterocycles. The average molecular weight is 568 g/mol. The number of piperidine rings is 1. The molecular weight excluding hydrogens is 514 g/mol. The molecule has 2 N–H and O–H groups in total. The maximum absolute atomic E-state index is 12.9. The van der Waals surface area contributed by atoms with Crippen LogP contribution < -0.4 is 4.74 Å². The Morgan fingerprint density at radius 2 is 1.59 bits per heavy atom. The molecule has 228 valence electrons. The monoisotopic (exact) mass is 567 g/mol. The van der Waals surface area contributed by atoms with Crippen molar-refractivity contribution in [3.05, 3.63) is 35.1 Å². The Morgan fingerprint density at radius 3 is 2.22 bits per heavy atom. The summed E-state index contributed by atoms with van der Waals surface area (Å²) in [4.78, 5) is 15.1. The third-order valence-corrected chi connectivity index (χ3v) is 10.6. The van der Waals surface area contributed by atoms with Gasteiger partial charge in [-0.25, -0.2) is 0 Å². The number of hydrogen-bond acceptors (Lipinski definition) is 6. The minimum Gasteiger partial charge on any atom is -0.504 e. The van der Waals surface area contributed by atoms with Crippen LogP contribution in [0.4, 0.5) is 0 Å². The Hall–Kier alpha value is -2.05. The minimum absolute atomic E-state index is 0.0424. The molecule has 2 heterocycles. The lowest BCUT2D eigenvalue weighted by atomic mass is 9.50. The van der Waals surface area contributed by atoms with Gasteiger partial charge in [0.15, 0.2) is 17.6 Å². The van der Waals surface area contributed by atoms with E-state index in [1.165, 1.54) is 83.5 Å². The Balaban J connectivity index is 1.04. The summed E-state index contributed by atoms with van der Waals surface area (Å²) < 4.78 is 12.3. The van der Waals surface area contributed by atoms with Crippen molar-refractivity contribution in [2.24, 2.45) is 0 Å². The Morgan fingerprint density at radius 1 is 0.976 bits per heavy atom. The van der Waals surface area contributed by atoms with Crippen LogP contribution in [0.1, 0.15) is 134 Å². The van der Waals surface area contributed by atoms with Crippen LogP contribution in [0.5, 0.6) is 11.5 Å². The lowest BCUT2D eigenvalue weighted by Gasteiger charge is -2.61. The number of rotatable bonds is 17. The van der Waals surface area contributed by atoms with Gasteiger partial charge < -0.3 is 24.6 Å². The fraction of sp³-hybridized carbons (Fsp3) is 0.743. The second kappa shape index (κ2) is 13.5. The zero-order chi connectivity index (χ0) is 28.9. The number of phenolic OH excluding ortho intramolecular Hbond substituents is 1. The third kappa shape index (κ3) is 5.93. The van der Waals surface area contributed by atoms with Gasteiger partial charge in [-0.15, -0.1) is 0 Å². The molecule has 2 bridgehead atoms. The molecule has 6 heteroatoms. The van der Waals surface area contributed by atoms with E-state index in [1.807, 2.05) is 12.1 Å². The molecule has 1 saturated heterocycles. The van der Waals surface area contributed by atoms with E-state index in [-0.39, 0.29) is 17.8 Å². The van der Waals surface area contributed by atoms with Crippen LogP contribution in [0.2, 0.25) is 0 Å². The first-order valence-electron chi connectivity index (χ1n) is 16.8. The second-order valence-electron chi connectivity index (χ2n) is 13.3. The number of ether oxygens (including phenoxy) is 2. The smallest absolute Gasteiger partial charge is 0.310 e. The number of carbonyl (C=O) groups excluding carboxylic acids is 1. The highest BCUT2D eigenvalue weighted by molar-refractivity contribution is 5.71. The van der Waals surface area contributed by atoms with Crippen molar-refractivity contribution in [1.82, 2.24) is 4.90 Å². The molecule has 2 aliphatic heterocycles. The van der Waals surface area contributed by atoms with Crippen molar-refractivity contribution in [3.8, 4) is 11.5 Å². The van der Waals surface area contributed by atoms with Crippen molar-refractivity contribution in [2.75, 3.05) is 13.6 Å². The summed E-state index contributed by atoms with van der Waals surface area (Å²) in [6.07, 6.45) is 22.9. The molecule has 4 aliphatic rings. The van der Waals surface area contributed by atoms with E-state index in [0.29, 0.717) is 30.8 Å². The van der Waals surface area contributed by atoms with Crippen LogP contribution in [0, 0.1) is 0 Å². The first kappa shape index (κ1) is 30.4. The first-order valence-corrected chi connectivity index (χ1v) is 16.8. The van der Waals surface area contributed by atoms with Crippen LogP contribution in [-0.4, -0.2) is 52.4 Å². The standard InChI is InChI=1S/C35H53NO5/c1-3-4-5-6-7-8-9-10-11-12-13-14-15-16-17-18-30(38)40-28-21-22-35(39)29-25-26-19-20-27(37)32-31(26)34(35,33(28)41-32)23-24-36(29)2/h19-21,29,33,37,39H,3-18,22-25H2,1-2H3/t29-,33?,34?,35-/m1/s1. The Labute approximate surface area is 247 Å². The number of esters is 1. The summed E-state index contributed by atoms with van der Waals surface area (Å²) in [5, 5.41) is 22.9. The zero-order valence-corrected chi connectivity index (χ0v) is 25.6. The van der Waals surface area contributed by atoms with Gasteiger partial charge >= 0.3 is 5.97 Å². The molecule has 2 aliphatic carbocycles. The molecule has 5 rings (SSSR count). The van der Waals surface area contributed by atoms with Crippen LogP contribution in [-0.2, 0) is 21.4 Å². The Bertz CT molecular complexity index is 1080. The molecule has 1 aromatic carbocycles. The highest BCUT2D eigenvalue weighted by Crippen LogP contribution is 2.65. The van der Waals surface area contributed by atoms with Crippen molar-refractivity contribution >= 4 is 5.97 Å². The number of benzene rings is 1. The number of carbonyl (C=O) groups is 1. The maximum atomic E-state index is 12.9. The number of hydrogen-bond donors (Lipinski definition) is 2. The van der Waals surface area contributed by atoms with Gasteiger partial charge in [-0.1, -0.05) is 103 Å². The number of aromatic hydroxyl groups is 1. The molecule has 6 nitrogen and oxygen atoms in total. The second-order valence-corrected chi connectivity index (χ2v) is 13.3. The molecular formula is C35H53NO5. The van der Waals surface area contributed by atoms with E-state index in [4.69, 9.17) is 9.47 Å². The molecule has 4 atom stereocenters. The summed E-state index contributed by atoms with van der Waals surface area (Å²) in [5.41, 5.74) is 0.316. The predicted octanol–water partition coefficient (Wildman–Crippen LogP) is 7.47. The first-order chi connectivity index (χ1) is 19.9. The number of likely N-dealkylation sites (tertiary alicyclic amines) is 1. The SMILES string of the molecule is CCCCCCCCCCCCCCCCCC(=O)OC1=CC[C@@]2(O)[C@H]3Cc4ccc(O)c5c4C2(CCN3C)C1O5. The topological polar surface area (TPSA) is 79.2 Å². The maximum Gasteiger partial charge on any atom is 0.310 e. The lowest BCUT2D eigenvalue weighted by molar-refractivity contribution is -0.169. The molecule has 41 heavy (non-hydrogen) atoms. The largest absolute Gasteiger partial charge is 0.504 e. The average Bonchev–Trinajstić information content (AvgIpc) is 3.32. The lowest BCUT2D eigenvalue weighted by Crippen LogP contribution is -2.74. The van der Waals surface area contributed by atoms with Crippen molar-refractivity contribution in [2.45, 2.75) is 152 Å². The number of unbranched alkanes of at least 4 members (excludes halogenated alkanes) is 14. The van der Waals surface area contributed by atoms with E-state index < -0.39 is 17.1 Å². The molecule has 0 amide bonds. The normalized spacial score (nSPS) is 27.7. The van der Waals surface area contributed by atoms with Gasteiger partial charge in [0.05, 0.1) is 11.0 Å². The molecule has 2 unspecified atom stereocenters. The van der Waals surface area contributed by atoms with E-state index in [2.05, 4.69) is 18.9 Å². The predicted molar refractivity (Wildman–Crippen MR) is 162 cm³/mol. The zero-order valence-electron chi connectivity index (χ0n) is 25.6. The Kier molecular flexibility index (Phi) is 10.0. The summed E-state index contributed by atoms with van der Waals surface area (Å²) >= 11 is 0. The molecule has 0 saturated carbocycles. The summed E-state index contributed by atoms with van der Waals surface area (Å²) in [6, 6.07) is 3.61. The molecule has 1 aromatic rings. The summed E-state index contributed by atoms with van der Waals surface area (Å²) in [6.45, 7) is 3.09. The minimum atomic E-state index is -1.03. The highest BCUT2D eigenvalue weighted by atomic mass is 16.6. The summed E-state index contributed by atoms with van der Waals surface area (Å²) in [5.74, 6) is 0.834. The van der Waals surface area contributed by atoms with Crippen LogP contribution in [0.15, 0.2) is 24.0 Å². The van der Waals surface area contributed by atoms with Crippen molar-refractivity contribution < 1.29 is 24.5 Å². The molecule has 1 spiro atoms. The van der Waals surface area contributed by atoms with Crippen LogP contribution in [0.3, 0.4) is 0 Å². The van der Waals surface area contributed by atoms with Gasteiger partial charge in [-0.3, -0.25) is 4.79 Å².